The van der Waals surface area contributed by atoms with Crippen molar-refractivity contribution >= 4 is 17.1 Å². The molecule has 0 amide bonds. The van der Waals surface area contributed by atoms with Gasteiger partial charge in [-0.05, 0) is 57.0 Å². The van der Waals surface area contributed by atoms with Crippen molar-refractivity contribution in [2.45, 2.75) is 64.6 Å². The molecule has 0 fully saturated rings. The van der Waals surface area contributed by atoms with Crippen LogP contribution in [0.4, 0.5) is 0 Å². The van der Waals surface area contributed by atoms with Crippen LogP contribution in [-0.2, 0) is 4.79 Å². The summed E-state index contributed by atoms with van der Waals surface area (Å²) < 4.78 is 11.7. The Morgan fingerprint density at radius 2 is 2.00 bits per heavy atom. The highest BCUT2D eigenvalue weighted by Gasteiger charge is 2.29. The van der Waals surface area contributed by atoms with E-state index in [1.807, 2.05) is 42.5 Å². The number of hydrogen-bond donors (Lipinski definition) is 2. The van der Waals surface area contributed by atoms with Crippen molar-refractivity contribution in [2.75, 3.05) is 0 Å². The molecule has 1 heterocycles. The smallest absolute Gasteiger partial charge is 0.347 e. The lowest BCUT2D eigenvalue weighted by Gasteiger charge is -2.24. The minimum atomic E-state index is -1.29. The van der Waals surface area contributed by atoms with Gasteiger partial charge in [-0.1, -0.05) is 44.0 Å². The van der Waals surface area contributed by atoms with E-state index in [2.05, 4.69) is 24.1 Å². The van der Waals surface area contributed by atoms with Crippen LogP contribution in [0.2, 0.25) is 0 Å². The normalized spacial score (nSPS) is 13.9. The van der Waals surface area contributed by atoms with Crippen LogP contribution in [0.25, 0.3) is 11.1 Å². The van der Waals surface area contributed by atoms with Crippen LogP contribution in [0.3, 0.4) is 0 Å². The molecule has 0 radical (unpaired) electrons. The van der Waals surface area contributed by atoms with Crippen LogP contribution in [0.5, 0.6) is 5.75 Å². The maximum Gasteiger partial charge on any atom is 0.347 e. The third kappa shape index (κ3) is 5.19. The number of carbonyl (C=O) groups is 1. The molecule has 0 aliphatic rings. The number of rotatable bonds is 10. The number of aromatic nitrogens is 1. The van der Waals surface area contributed by atoms with Gasteiger partial charge in [0.2, 0.25) is 5.89 Å². The molecule has 1 aromatic heterocycles. The first-order valence-corrected chi connectivity index (χ1v) is 10.4. The summed E-state index contributed by atoms with van der Waals surface area (Å²) in [6.45, 7) is 7.32. The largest absolute Gasteiger partial charge is 0.478 e. The van der Waals surface area contributed by atoms with Crippen molar-refractivity contribution < 1.29 is 19.1 Å². The van der Waals surface area contributed by atoms with Gasteiger partial charge in [0.15, 0.2) is 11.2 Å². The molecule has 2 atom stereocenters. The molecule has 0 spiro atoms. The number of nitrogens with one attached hydrogen (secondary N) is 1. The predicted octanol–water partition coefficient (Wildman–Crippen LogP) is 5.65. The summed E-state index contributed by atoms with van der Waals surface area (Å²) in [7, 11) is 0. The first-order chi connectivity index (χ1) is 14.3. The van der Waals surface area contributed by atoms with Crippen molar-refractivity contribution in [2.24, 2.45) is 0 Å². The molecule has 0 aliphatic carbocycles. The Labute approximate surface area is 177 Å². The highest BCUT2D eigenvalue weighted by Crippen LogP contribution is 2.28. The van der Waals surface area contributed by atoms with E-state index in [0.29, 0.717) is 11.6 Å². The second-order valence-corrected chi connectivity index (χ2v) is 8.09. The summed E-state index contributed by atoms with van der Waals surface area (Å²) in [5.41, 5.74) is 1.35. The summed E-state index contributed by atoms with van der Waals surface area (Å²) in [5.74, 6) is 0.214. The van der Waals surface area contributed by atoms with E-state index in [-0.39, 0.29) is 12.1 Å². The first-order valence-electron chi connectivity index (χ1n) is 10.4. The van der Waals surface area contributed by atoms with Crippen LogP contribution >= 0.6 is 0 Å². The molecule has 30 heavy (non-hydrogen) atoms. The Morgan fingerprint density at radius 1 is 1.23 bits per heavy atom. The molecular formula is C24H30N2O4. The van der Waals surface area contributed by atoms with Crippen LogP contribution in [0.15, 0.2) is 52.9 Å². The second kappa shape index (κ2) is 9.30. The van der Waals surface area contributed by atoms with Gasteiger partial charge in [-0.2, -0.15) is 0 Å². The minimum absolute atomic E-state index is 0.00152. The summed E-state index contributed by atoms with van der Waals surface area (Å²) in [6, 6.07) is 15.3. The molecule has 3 aromatic rings. The molecule has 3 rings (SSSR count). The van der Waals surface area contributed by atoms with Crippen molar-refractivity contribution in [1.29, 1.82) is 0 Å². The van der Waals surface area contributed by atoms with Gasteiger partial charge in [-0.3, -0.25) is 5.32 Å². The Balaban J connectivity index is 1.79. The van der Waals surface area contributed by atoms with Gasteiger partial charge in [0.1, 0.15) is 11.3 Å². The number of ether oxygens (including phenoxy) is 1. The number of carboxylic acid groups (broad SMARTS) is 1. The zero-order chi connectivity index (χ0) is 21.7. The summed E-state index contributed by atoms with van der Waals surface area (Å²) in [6.07, 6.45) is 3.05. The quantitative estimate of drug-likeness (QED) is 0.449. The Bertz CT molecular complexity index is 963. The van der Waals surface area contributed by atoms with E-state index < -0.39 is 11.6 Å². The number of aliphatic carboxylic acids is 1. The van der Waals surface area contributed by atoms with Crippen molar-refractivity contribution in [3.8, 4) is 5.75 Å². The van der Waals surface area contributed by atoms with Crippen LogP contribution < -0.4 is 10.1 Å². The molecule has 0 saturated carbocycles. The molecular weight excluding hydrogens is 380 g/mol. The molecule has 0 bridgehead atoms. The lowest BCUT2D eigenvalue weighted by atomic mass is 10.0. The Morgan fingerprint density at radius 3 is 2.70 bits per heavy atom. The lowest BCUT2D eigenvalue weighted by molar-refractivity contribution is -0.152. The number of unbranched alkanes of at least 4 members (excludes halogenated alkanes) is 1. The number of carboxylic acids is 1. The van der Waals surface area contributed by atoms with E-state index in [9.17, 15) is 9.90 Å². The van der Waals surface area contributed by atoms with E-state index >= 15 is 0 Å². The summed E-state index contributed by atoms with van der Waals surface area (Å²) in [4.78, 5) is 16.0. The molecule has 2 unspecified atom stereocenters. The van der Waals surface area contributed by atoms with Gasteiger partial charge in [-0.15, -0.1) is 0 Å². The van der Waals surface area contributed by atoms with Crippen LogP contribution in [0, 0.1) is 0 Å². The maximum absolute atomic E-state index is 11.4. The fraction of sp³-hybridized carbons (Fsp3) is 0.417. The zero-order valence-corrected chi connectivity index (χ0v) is 18.0. The van der Waals surface area contributed by atoms with E-state index in [1.54, 1.807) is 6.07 Å². The van der Waals surface area contributed by atoms with Crippen molar-refractivity contribution in [1.82, 2.24) is 10.3 Å². The van der Waals surface area contributed by atoms with E-state index in [4.69, 9.17) is 9.15 Å². The van der Waals surface area contributed by atoms with Gasteiger partial charge in [0, 0.05) is 6.04 Å². The maximum atomic E-state index is 11.4. The SMILES string of the molecule is CCCCC(NC(C)c1cccc(OC(C)(C)C(=O)O)c1)c1nc2ccccc2o1. The van der Waals surface area contributed by atoms with E-state index in [1.165, 1.54) is 13.8 Å². The minimum Gasteiger partial charge on any atom is -0.478 e. The monoisotopic (exact) mass is 410 g/mol. The van der Waals surface area contributed by atoms with Crippen LogP contribution in [-0.4, -0.2) is 21.7 Å². The zero-order valence-electron chi connectivity index (χ0n) is 18.0. The summed E-state index contributed by atoms with van der Waals surface area (Å²) in [5, 5.41) is 12.9. The number of benzene rings is 2. The fourth-order valence-electron chi connectivity index (χ4n) is 3.31. The predicted molar refractivity (Wildman–Crippen MR) is 117 cm³/mol. The topological polar surface area (TPSA) is 84.6 Å². The Kier molecular flexibility index (Phi) is 6.77. The lowest BCUT2D eigenvalue weighted by Crippen LogP contribution is -2.37. The van der Waals surface area contributed by atoms with Gasteiger partial charge in [0.05, 0.1) is 6.04 Å². The third-order valence-corrected chi connectivity index (χ3v) is 5.15. The summed E-state index contributed by atoms with van der Waals surface area (Å²) >= 11 is 0. The van der Waals surface area contributed by atoms with Crippen molar-refractivity contribution in [3.05, 3.63) is 60.0 Å². The highest BCUT2D eigenvalue weighted by molar-refractivity contribution is 5.76. The molecule has 2 aromatic carbocycles. The number of fused-ring (bicyclic) bond motifs is 1. The highest BCUT2D eigenvalue weighted by atomic mass is 16.5. The molecule has 6 nitrogen and oxygen atoms in total. The Hall–Kier alpha value is -2.86. The average molecular weight is 411 g/mol. The molecule has 6 heteroatoms. The van der Waals surface area contributed by atoms with Crippen molar-refractivity contribution in [3.63, 3.8) is 0 Å². The van der Waals surface area contributed by atoms with E-state index in [0.717, 1.165) is 35.9 Å². The molecule has 160 valence electrons. The third-order valence-electron chi connectivity index (χ3n) is 5.15. The standard InChI is InChI=1S/C24H30N2O4/c1-5-6-12-20(22-26-19-13-7-8-14-21(19)29-22)25-16(2)17-10-9-11-18(15-17)30-24(3,4)23(27)28/h7-11,13-16,20,25H,5-6,12H2,1-4H3,(H,27,28). The fourth-order valence-corrected chi connectivity index (χ4v) is 3.31. The number of hydrogen-bond acceptors (Lipinski definition) is 5. The van der Waals surface area contributed by atoms with Gasteiger partial charge >= 0.3 is 5.97 Å². The van der Waals surface area contributed by atoms with Gasteiger partial charge in [-0.25, -0.2) is 9.78 Å². The second-order valence-electron chi connectivity index (χ2n) is 8.09. The van der Waals surface area contributed by atoms with Crippen LogP contribution in [0.1, 0.15) is 70.5 Å². The number of oxazole rings is 1. The molecule has 0 saturated heterocycles. The number of nitrogens with zero attached hydrogens (tertiary/aromatic N) is 1. The number of para-hydroxylation sites is 2. The first kappa shape index (κ1) is 21.8. The van der Waals surface area contributed by atoms with Gasteiger partial charge in [0.25, 0.3) is 0 Å². The molecule has 2 N–H and O–H groups in total. The van der Waals surface area contributed by atoms with Gasteiger partial charge < -0.3 is 14.3 Å². The average Bonchev–Trinajstić information content (AvgIpc) is 3.14. The molecule has 0 aliphatic heterocycles.